The lowest BCUT2D eigenvalue weighted by Crippen LogP contribution is -2.42. The van der Waals surface area contributed by atoms with Crippen LogP contribution >= 0.6 is 11.3 Å². The summed E-state index contributed by atoms with van der Waals surface area (Å²) in [5.74, 6) is -0.638. The monoisotopic (exact) mass is 475 g/mol. The average molecular weight is 476 g/mol. The minimum absolute atomic E-state index is 0.0784. The summed E-state index contributed by atoms with van der Waals surface area (Å²) in [7, 11) is 1.28. The molecule has 2 amide bonds. The minimum Gasteiger partial charge on any atom is -0.492 e. The zero-order chi connectivity index (χ0) is 23.4. The number of hydrogen-bond acceptors (Lipinski definition) is 8. The van der Waals surface area contributed by atoms with E-state index in [-0.39, 0.29) is 55.4 Å². The predicted molar refractivity (Wildman–Crippen MR) is 119 cm³/mol. The topological polar surface area (TPSA) is 107 Å². The normalized spacial score (nSPS) is 15.6. The van der Waals surface area contributed by atoms with Gasteiger partial charge in [0, 0.05) is 49.1 Å². The van der Waals surface area contributed by atoms with Crippen molar-refractivity contribution < 1.29 is 28.6 Å². The molecule has 4 rings (SSSR count). The molecule has 1 fully saturated rings. The molecule has 0 unspecified atom stereocenters. The average Bonchev–Trinajstić information content (AvgIpc) is 3.40. The number of esters is 1. The Balaban J connectivity index is 1.53. The van der Waals surface area contributed by atoms with Crippen molar-refractivity contribution in [3.05, 3.63) is 50.1 Å². The number of fused-ring (bicyclic) bond motifs is 1. The number of rotatable bonds is 7. The van der Waals surface area contributed by atoms with Crippen molar-refractivity contribution in [2.24, 2.45) is 0 Å². The van der Waals surface area contributed by atoms with Crippen LogP contribution in [-0.2, 0) is 33.7 Å². The standard InChI is InChI=1S/C22H25N3O7S/c1-30-21(28)20-16-4-6-23(19(27)14-24-9-11-32-22(24)29)7-8-25(16)18(26)13-17(20)31-10-5-15-3-2-12-33-15/h2-3,12-13H,4-11,14H2,1H3. The maximum atomic E-state index is 12.9. The Hall–Kier alpha value is -3.34. The third-order valence-corrected chi connectivity index (χ3v) is 6.63. The third-order valence-electron chi connectivity index (χ3n) is 5.69. The molecule has 0 radical (unpaired) electrons. The van der Waals surface area contributed by atoms with Gasteiger partial charge in [-0.05, 0) is 11.4 Å². The van der Waals surface area contributed by atoms with Gasteiger partial charge in [-0.15, -0.1) is 11.3 Å². The SMILES string of the molecule is COC(=O)c1c(OCCc2cccs2)cc(=O)n2c1CCN(C(=O)CN1CCOC1=O)CC2. The van der Waals surface area contributed by atoms with Gasteiger partial charge in [0.15, 0.2) is 0 Å². The van der Waals surface area contributed by atoms with E-state index in [2.05, 4.69) is 0 Å². The van der Waals surface area contributed by atoms with E-state index in [4.69, 9.17) is 14.2 Å². The van der Waals surface area contributed by atoms with Crippen LogP contribution in [0, 0.1) is 0 Å². The Morgan fingerprint density at radius 1 is 1.18 bits per heavy atom. The van der Waals surface area contributed by atoms with Crippen LogP contribution in [0.4, 0.5) is 4.79 Å². The first kappa shape index (κ1) is 22.8. The van der Waals surface area contributed by atoms with Gasteiger partial charge >= 0.3 is 12.1 Å². The summed E-state index contributed by atoms with van der Waals surface area (Å²) in [5, 5.41) is 1.98. The van der Waals surface area contributed by atoms with Crippen molar-refractivity contribution in [2.45, 2.75) is 19.4 Å². The highest BCUT2D eigenvalue weighted by Crippen LogP contribution is 2.24. The predicted octanol–water partition coefficient (Wildman–Crippen LogP) is 1.15. The van der Waals surface area contributed by atoms with Gasteiger partial charge in [-0.2, -0.15) is 0 Å². The number of aromatic nitrogens is 1. The van der Waals surface area contributed by atoms with Crippen LogP contribution in [0.25, 0.3) is 0 Å². The molecular weight excluding hydrogens is 450 g/mol. The van der Waals surface area contributed by atoms with Crippen molar-refractivity contribution in [1.29, 1.82) is 0 Å². The van der Waals surface area contributed by atoms with Crippen molar-refractivity contribution in [3.8, 4) is 5.75 Å². The quantitative estimate of drug-likeness (QED) is 0.553. The highest BCUT2D eigenvalue weighted by molar-refractivity contribution is 7.09. The van der Waals surface area contributed by atoms with E-state index in [1.807, 2.05) is 17.5 Å². The molecule has 0 N–H and O–H groups in total. The highest BCUT2D eigenvalue weighted by atomic mass is 32.1. The molecule has 0 bridgehead atoms. The number of carbonyl (C=O) groups is 3. The van der Waals surface area contributed by atoms with Crippen LogP contribution in [0.3, 0.4) is 0 Å². The minimum atomic E-state index is -0.593. The molecule has 2 aliphatic rings. The Morgan fingerprint density at radius 3 is 2.73 bits per heavy atom. The summed E-state index contributed by atoms with van der Waals surface area (Å²) >= 11 is 1.61. The molecule has 0 atom stereocenters. The number of thiophene rings is 1. The molecule has 4 heterocycles. The van der Waals surface area contributed by atoms with Gasteiger partial charge in [0.2, 0.25) is 5.91 Å². The van der Waals surface area contributed by atoms with Gasteiger partial charge < -0.3 is 23.7 Å². The van der Waals surface area contributed by atoms with Gasteiger partial charge in [-0.25, -0.2) is 9.59 Å². The summed E-state index contributed by atoms with van der Waals surface area (Å²) < 4.78 is 17.2. The lowest BCUT2D eigenvalue weighted by atomic mass is 10.1. The van der Waals surface area contributed by atoms with Crippen molar-refractivity contribution >= 4 is 29.3 Å². The molecule has 0 aromatic carbocycles. The third kappa shape index (κ3) is 5.03. The summed E-state index contributed by atoms with van der Waals surface area (Å²) in [6.45, 7) is 1.68. The summed E-state index contributed by atoms with van der Waals surface area (Å²) in [5.41, 5.74) is 0.387. The molecule has 0 aliphatic carbocycles. The first-order valence-corrected chi connectivity index (χ1v) is 11.6. The highest BCUT2D eigenvalue weighted by Gasteiger charge is 2.30. The number of carbonyl (C=O) groups excluding carboxylic acids is 3. The van der Waals surface area contributed by atoms with E-state index >= 15 is 0 Å². The summed E-state index contributed by atoms with van der Waals surface area (Å²) in [4.78, 5) is 54.0. The fourth-order valence-electron chi connectivity index (χ4n) is 3.98. The fraction of sp³-hybridized carbons (Fsp3) is 0.455. The van der Waals surface area contributed by atoms with Crippen LogP contribution in [0.1, 0.15) is 20.9 Å². The van der Waals surface area contributed by atoms with Crippen molar-refractivity contribution in [2.75, 3.05) is 46.5 Å². The Morgan fingerprint density at radius 2 is 2.03 bits per heavy atom. The molecule has 2 aliphatic heterocycles. The molecule has 2 aromatic heterocycles. The number of nitrogens with zero attached hydrogens (tertiary/aromatic N) is 3. The van der Waals surface area contributed by atoms with Crippen LogP contribution in [0.2, 0.25) is 0 Å². The molecule has 1 saturated heterocycles. The maximum absolute atomic E-state index is 12.9. The molecule has 33 heavy (non-hydrogen) atoms. The zero-order valence-electron chi connectivity index (χ0n) is 18.3. The largest absolute Gasteiger partial charge is 0.492 e. The van der Waals surface area contributed by atoms with E-state index in [1.54, 1.807) is 16.2 Å². The molecule has 11 heteroatoms. The molecular formula is C22H25N3O7S. The van der Waals surface area contributed by atoms with Crippen LogP contribution in [0.15, 0.2) is 28.4 Å². The van der Waals surface area contributed by atoms with Crippen molar-refractivity contribution in [3.63, 3.8) is 0 Å². The van der Waals surface area contributed by atoms with E-state index in [9.17, 15) is 19.2 Å². The van der Waals surface area contributed by atoms with Gasteiger partial charge in [-0.1, -0.05) is 6.07 Å². The molecule has 0 spiro atoms. The molecule has 2 aromatic rings. The molecule has 0 saturated carbocycles. The van der Waals surface area contributed by atoms with Gasteiger partial charge in [0.05, 0.1) is 20.3 Å². The number of hydrogen-bond donors (Lipinski definition) is 0. The van der Waals surface area contributed by atoms with Gasteiger partial charge in [0.25, 0.3) is 5.56 Å². The molecule has 176 valence electrons. The fourth-order valence-corrected chi connectivity index (χ4v) is 4.67. The summed E-state index contributed by atoms with van der Waals surface area (Å²) in [6.07, 6.45) is 0.422. The van der Waals surface area contributed by atoms with Crippen LogP contribution < -0.4 is 10.3 Å². The van der Waals surface area contributed by atoms with Crippen molar-refractivity contribution in [1.82, 2.24) is 14.4 Å². The first-order valence-electron chi connectivity index (χ1n) is 10.7. The van der Waals surface area contributed by atoms with E-state index in [1.165, 1.54) is 22.6 Å². The number of ether oxygens (including phenoxy) is 3. The maximum Gasteiger partial charge on any atom is 0.410 e. The van der Waals surface area contributed by atoms with Gasteiger partial charge in [0.1, 0.15) is 24.5 Å². The lowest BCUT2D eigenvalue weighted by molar-refractivity contribution is -0.131. The Bertz CT molecular complexity index is 1100. The lowest BCUT2D eigenvalue weighted by Gasteiger charge is -2.22. The van der Waals surface area contributed by atoms with E-state index < -0.39 is 12.1 Å². The van der Waals surface area contributed by atoms with E-state index in [0.717, 1.165) is 4.88 Å². The van der Waals surface area contributed by atoms with E-state index in [0.29, 0.717) is 31.8 Å². The summed E-state index contributed by atoms with van der Waals surface area (Å²) in [6, 6.07) is 5.25. The Kier molecular flexibility index (Phi) is 6.97. The number of amides is 2. The Labute approximate surface area is 194 Å². The second kappa shape index (κ2) is 10.1. The molecule has 10 nitrogen and oxygen atoms in total. The van der Waals surface area contributed by atoms with Gasteiger partial charge in [-0.3, -0.25) is 14.5 Å². The number of pyridine rings is 1. The zero-order valence-corrected chi connectivity index (χ0v) is 19.1. The second-order valence-corrected chi connectivity index (χ2v) is 8.69. The number of methoxy groups -OCH3 is 1. The van der Waals surface area contributed by atoms with Crippen LogP contribution in [-0.4, -0.2) is 78.8 Å². The number of cyclic esters (lactones) is 1. The smallest absolute Gasteiger partial charge is 0.410 e. The second-order valence-electron chi connectivity index (χ2n) is 7.66. The van der Waals surface area contributed by atoms with Crippen LogP contribution in [0.5, 0.6) is 5.75 Å². The first-order chi connectivity index (χ1) is 16.0.